The molecule has 0 aliphatic heterocycles. The van der Waals surface area contributed by atoms with Crippen LogP contribution in [0.4, 0.5) is 0 Å². The van der Waals surface area contributed by atoms with Gasteiger partial charge in [0.2, 0.25) is 0 Å². The minimum atomic E-state index is -0.187. The van der Waals surface area contributed by atoms with Crippen LogP contribution in [0, 0.1) is 40.9 Å². The summed E-state index contributed by atoms with van der Waals surface area (Å²) in [6.45, 7) is 22.8. The Morgan fingerprint density at radius 3 is 2.20 bits per heavy atom. The van der Waals surface area contributed by atoms with E-state index in [0.717, 1.165) is 24.7 Å². The number of rotatable bonds is 14. The molecule has 0 heterocycles. The number of allylic oxidation sites excluding steroid dienone is 1. The van der Waals surface area contributed by atoms with Crippen LogP contribution < -0.4 is 5.73 Å². The van der Waals surface area contributed by atoms with E-state index >= 15 is 0 Å². The zero-order valence-electron chi connectivity index (χ0n) is 21.3. The van der Waals surface area contributed by atoms with Crippen molar-refractivity contribution in [3.8, 4) is 0 Å². The average molecular weight is 456 g/mol. The van der Waals surface area contributed by atoms with Crippen LogP contribution in [0.25, 0.3) is 0 Å². The number of nitrogens with two attached hydrogens (primary N) is 1. The highest BCUT2D eigenvalue weighted by Crippen LogP contribution is 2.54. The van der Waals surface area contributed by atoms with Crippen LogP contribution in [0.1, 0.15) is 100 Å². The van der Waals surface area contributed by atoms with E-state index in [4.69, 9.17) is 31.0 Å². The van der Waals surface area contributed by atoms with Crippen LogP contribution in [0.15, 0.2) is 12.7 Å². The molecule has 0 aromatic rings. The Balaban J connectivity index is 2.52. The lowest BCUT2D eigenvalue weighted by Gasteiger charge is -2.53. The smallest absolute Gasteiger partial charge is 0.0157 e. The molecule has 0 amide bonds. The van der Waals surface area contributed by atoms with Gasteiger partial charge in [-0.25, -0.2) is 0 Å². The second-order valence-electron chi connectivity index (χ2n) is 11.6. The van der Waals surface area contributed by atoms with E-state index in [-0.39, 0.29) is 5.54 Å². The summed E-state index contributed by atoms with van der Waals surface area (Å²) >= 11 is 9.81. The highest BCUT2D eigenvalue weighted by molar-refractivity contribution is 7.81. The Labute approximate surface area is 200 Å². The monoisotopic (exact) mass is 455 g/mol. The van der Waals surface area contributed by atoms with Crippen LogP contribution in [0.3, 0.4) is 0 Å². The molecule has 3 heteroatoms. The third-order valence-corrected chi connectivity index (χ3v) is 10.8. The van der Waals surface area contributed by atoms with Gasteiger partial charge in [0.25, 0.3) is 0 Å². The van der Waals surface area contributed by atoms with Gasteiger partial charge in [0.1, 0.15) is 0 Å². The molecule has 2 N–H and O–H groups in total. The summed E-state index contributed by atoms with van der Waals surface area (Å²) in [6, 6.07) is 0. The molecule has 1 nitrogen and oxygen atoms in total. The average Bonchev–Trinajstić information content (AvgIpc) is 2.67. The van der Waals surface area contributed by atoms with E-state index in [2.05, 4.69) is 62.0 Å². The molecule has 0 bridgehead atoms. The van der Waals surface area contributed by atoms with Crippen LogP contribution in [-0.4, -0.2) is 16.0 Å². The summed E-state index contributed by atoms with van der Waals surface area (Å²) in [5, 5.41) is 0.797. The Morgan fingerprint density at radius 1 is 1.10 bits per heavy atom. The minimum absolute atomic E-state index is 0.187. The van der Waals surface area contributed by atoms with Gasteiger partial charge in [0, 0.05) is 16.0 Å². The van der Waals surface area contributed by atoms with Gasteiger partial charge < -0.3 is 5.73 Å². The van der Waals surface area contributed by atoms with Gasteiger partial charge in [-0.15, -0.1) is 6.58 Å². The van der Waals surface area contributed by atoms with Crippen LogP contribution in [0.5, 0.6) is 0 Å². The summed E-state index contributed by atoms with van der Waals surface area (Å²) in [7, 11) is 0. The lowest BCUT2D eigenvalue weighted by Crippen LogP contribution is -2.49. The van der Waals surface area contributed by atoms with Crippen molar-refractivity contribution < 1.29 is 0 Å². The van der Waals surface area contributed by atoms with Gasteiger partial charge in [0.05, 0.1) is 0 Å². The van der Waals surface area contributed by atoms with Gasteiger partial charge in [-0.05, 0) is 80.0 Å². The molecule has 178 valence electrons. The van der Waals surface area contributed by atoms with Crippen molar-refractivity contribution >= 4 is 25.3 Å². The number of thiol groups is 2. The van der Waals surface area contributed by atoms with Crippen molar-refractivity contribution in [2.45, 2.75) is 116 Å². The molecular formula is C27H53NS2. The Morgan fingerprint density at radius 2 is 1.70 bits per heavy atom. The fourth-order valence-corrected chi connectivity index (χ4v) is 6.68. The quantitative estimate of drug-likeness (QED) is 0.179. The van der Waals surface area contributed by atoms with Crippen molar-refractivity contribution in [1.82, 2.24) is 0 Å². The largest absolute Gasteiger partial charge is 0.325 e. The normalized spacial score (nSPS) is 29.0. The molecule has 1 saturated carbocycles. The van der Waals surface area contributed by atoms with Crippen LogP contribution >= 0.6 is 25.3 Å². The minimum Gasteiger partial charge on any atom is -0.325 e. The van der Waals surface area contributed by atoms with E-state index in [0.29, 0.717) is 39.6 Å². The first-order valence-corrected chi connectivity index (χ1v) is 13.6. The maximum absolute atomic E-state index is 6.87. The number of hydrogen-bond donors (Lipinski definition) is 3. The molecule has 1 aliphatic rings. The summed E-state index contributed by atoms with van der Waals surface area (Å²) in [5.74, 6) is 3.90. The number of hydrogen-bond acceptors (Lipinski definition) is 3. The van der Waals surface area contributed by atoms with Gasteiger partial charge in [-0.3, -0.25) is 0 Å². The first-order chi connectivity index (χ1) is 13.8. The zero-order chi connectivity index (χ0) is 23.3. The van der Waals surface area contributed by atoms with E-state index < -0.39 is 0 Å². The van der Waals surface area contributed by atoms with E-state index in [1.54, 1.807) is 0 Å². The second kappa shape index (κ2) is 12.0. The Kier molecular flexibility index (Phi) is 11.4. The topological polar surface area (TPSA) is 26.0 Å². The molecule has 0 saturated heterocycles. The summed E-state index contributed by atoms with van der Waals surface area (Å²) in [5.41, 5.74) is 7.23. The standard InChI is InChI=1S/C27H53NS2/c1-10-13-24(29)18(3)17-27(9,28)21(6)19(4)20(5)25(30)15-12-14-23-16-22(11-2)26(23,7)8/h10,18-25,29-30H,1,11-17,28H2,2-9H3. The molecule has 1 aliphatic carbocycles. The SMILES string of the molecule is C=CCC(S)C(C)CC(C)(N)C(C)C(C)C(C)C(S)CCCC1CC(CC)C1(C)C. The van der Waals surface area contributed by atoms with Gasteiger partial charge >= 0.3 is 0 Å². The molecule has 0 spiro atoms. The fraction of sp³-hybridized carbons (Fsp3) is 0.926. The Bertz CT molecular complexity index is 515. The predicted octanol–water partition coefficient (Wildman–Crippen LogP) is 8.05. The van der Waals surface area contributed by atoms with Crippen molar-refractivity contribution in [1.29, 1.82) is 0 Å². The van der Waals surface area contributed by atoms with Crippen molar-refractivity contribution in [3.63, 3.8) is 0 Å². The summed E-state index contributed by atoms with van der Waals surface area (Å²) in [4.78, 5) is 0. The molecular weight excluding hydrogens is 402 g/mol. The molecule has 30 heavy (non-hydrogen) atoms. The lowest BCUT2D eigenvalue weighted by atomic mass is 9.53. The van der Waals surface area contributed by atoms with Crippen LogP contribution in [-0.2, 0) is 0 Å². The first kappa shape index (κ1) is 28.4. The third-order valence-electron chi connectivity index (χ3n) is 9.31. The van der Waals surface area contributed by atoms with Crippen molar-refractivity contribution in [2.24, 2.45) is 46.7 Å². The fourth-order valence-electron chi connectivity index (χ4n) is 5.97. The highest BCUT2D eigenvalue weighted by Gasteiger charge is 2.46. The van der Waals surface area contributed by atoms with Crippen molar-refractivity contribution in [3.05, 3.63) is 12.7 Å². The van der Waals surface area contributed by atoms with E-state index in [9.17, 15) is 0 Å². The van der Waals surface area contributed by atoms with Gasteiger partial charge in [-0.2, -0.15) is 25.3 Å². The van der Waals surface area contributed by atoms with Gasteiger partial charge in [0.15, 0.2) is 0 Å². The molecule has 0 aromatic heterocycles. The maximum Gasteiger partial charge on any atom is 0.0157 e. The first-order valence-electron chi connectivity index (χ1n) is 12.5. The predicted molar refractivity (Wildman–Crippen MR) is 144 cm³/mol. The molecule has 0 radical (unpaired) electrons. The molecule has 1 rings (SSSR count). The molecule has 0 aromatic carbocycles. The molecule has 9 atom stereocenters. The van der Waals surface area contributed by atoms with E-state index in [1.807, 2.05) is 6.08 Å². The second-order valence-corrected chi connectivity index (χ2v) is 13.0. The zero-order valence-corrected chi connectivity index (χ0v) is 23.1. The van der Waals surface area contributed by atoms with Crippen LogP contribution in [0.2, 0.25) is 0 Å². The lowest BCUT2D eigenvalue weighted by molar-refractivity contribution is -0.0287. The van der Waals surface area contributed by atoms with Crippen molar-refractivity contribution in [2.75, 3.05) is 0 Å². The van der Waals surface area contributed by atoms with E-state index in [1.165, 1.54) is 32.1 Å². The highest BCUT2D eigenvalue weighted by atomic mass is 32.1. The van der Waals surface area contributed by atoms with Gasteiger partial charge in [-0.1, -0.05) is 67.4 Å². The summed E-state index contributed by atoms with van der Waals surface area (Å²) in [6.07, 6.45) is 10.6. The molecule has 1 fully saturated rings. The third kappa shape index (κ3) is 7.20. The molecule has 9 unspecified atom stereocenters. The maximum atomic E-state index is 6.87. The Hall–Kier alpha value is 0.400. The summed E-state index contributed by atoms with van der Waals surface area (Å²) < 4.78 is 0.